The van der Waals surface area contributed by atoms with Gasteiger partial charge in [-0.3, -0.25) is 9.18 Å². The van der Waals surface area contributed by atoms with Crippen LogP contribution in [0.15, 0.2) is 0 Å². The molecule has 0 saturated heterocycles. The maximum absolute atomic E-state index is 11.9. The molecule has 0 aromatic heterocycles. The molecule has 0 saturated carbocycles. The molecule has 120 valence electrons. The average Bonchev–Trinajstić information content (AvgIpc) is 2.44. The fourth-order valence-electron chi connectivity index (χ4n) is 2.36. The molecule has 0 atom stereocenters. The van der Waals surface area contributed by atoms with Gasteiger partial charge in [0.1, 0.15) is 0 Å². The van der Waals surface area contributed by atoms with Gasteiger partial charge in [0.25, 0.3) is 0 Å². The number of hydrogen-bond donors (Lipinski definition) is 0. The zero-order valence-electron chi connectivity index (χ0n) is 13.3. The van der Waals surface area contributed by atoms with Crippen LogP contribution in [-0.2, 0) is 9.53 Å². The van der Waals surface area contributed by atoms with Gasteiger partial charge in [-0.25, -0.2) is 0 Å². The van der Waals surface area contributed by atoms with Crippen LogP contribution < -0.4 is 0 Å². The van der Waals surface area contributed by atoms with Gasteiger partial charge in [-0.15, -0.1) is 0 Å². The highest BCUT2D eigenvalue weighted by Crippen LogP contribution is 2.12. The maximum Gasteiger partial charge on any atom is 0.305 e. The number of halogens is 1. The molecule has 0 aromatic carbocycles. The minimum Gasteiger partial charge on any atom is -0.466 e. The Balaban J connectivity index is 3.01. The van der Waals surface area contributed by atoms with Gasteiger partial charge in [-0.05, 0) is 19.8 Å². The SMILES string of the molecule is CCOC(=O)CCCCCCCCCCCCCCF. The number of carbonyl (C=O) groups excluding carboxylic acids is 1. The summed E-state index contributed by atoms with van der Waals surface area (Å²) in [5.41, 5.74) is 0. The van der Waals surface area contributed by atoms with Gasteiger partial charge in [0.15, 0.2) is 0 Å². The van der Waals surface area contributed by atoms with Crippen LogP contribution in [0.1, 0.15) is 90.4 Å². The second-order valence-electron chi connectivity index (χ2n) is 5.49. The highest BCUT2D eigenvalue weighted by molar-refractivity contribution is 5.69. The number of esters is 1. The van der Waals surface area contributed by atoms with Crippen molar-refractivity contribution < 1.29 is 13.9 Å². The first-order valence-corrected chi connectivity index (χ1v) is 8.52. The van der Waals surface area contributed by atoms with E-state index in [-0.39, 0.29) is 12.6 Å². The Hall–Kier alpha value is -0.600. The molecule has 0 amide bonds. The van der Waals surface area contributed by atoms with Crippen LogP contribution in [0.4, 0.5) is 4.39 Å². The predicted octanol–water partition coefficient (Wildman–Crippen LogP) is 5.59. The molecule has 0 fully saturated rings. The average molecular weight is 288 g/mol. The maximum atomic E-state index is 11.9. The van der Waals surface area contributed by atoms with Crippen molar-refractivity contribution in [1.82, 2.24) is 0 Å². The van der Waals surface area contributed by atoms with Crippen LogP contribution in [0.5, 0.6) is 0 Å². The van der Waals surface area contributed by atoms with Crippen LogP contribution in [0, 0.1) is 0 Å². The second-order valence-corrected chi connectivity index (χ2v) is 5.49. The molecule has 0 aliphatic heterocycles. The van der Waals surface area contributed by atoms with Crippen molar-refractivity contribution in [3.8, 4) is 0 Å². The van der Waals surface area contributed by atoms with Crippen LogP contribution in [0.3, 0.4) is 0 Å². The van der Waals surface area contributed by atoms with Crippen molar-refractivity contribution >= 4 is 5.97 Å². The Bertz CT molecular complexity index is 207. The summed E-state index contributed by atoms with van der Waals surface area (Å²) in [4.78, 5) is 11.1. The standard InChI is InChI=1S/C17H33FO2/c1-2-20-17(19)15-13-11-9-7-5-3-4-6-8-10-12-14-16-18/h2-16H2,1H3. The number of hydrogen-bond acceptors (Lipinski definition) is 2. The first kappa shape index (κ1) is 19.4. The highest BCUT2D eigenvalue weighted by Gasteiger charge is 2.00. The van der Waals surface area contributed by atoms with E-state index in [1.807, 2.05) is 6.92 Å². The topological polar surface area (TPSA) is 26.3 Å². The summed E-state index contributed by atoms with van der Waals surface area (Å²) in [7, 11) is 0. The van der Waals surface area contributed by atoms with Gasteiger partial charge < -0.3 is 4.74 Å². The van der Waals surface area contributed by atoms with Crippen LogP contribution in [0.25, 0.3) is 0 Å². The third kappa shape index (κ3) is 15.5. The number of alkyl halides is 1. The molecule has 0 rings (SSSR count). The van der Waals surface area contributed by atoms with E-state index in [1.165, 1.54) is 51.4 Å². The largest absolute Gasteiger partial charge is 0.466 e. The number of carbonyl (C=O) groups is 1. The summed E-state index contributed by atoms with van der Waals surface area (Å²) < 4.78 is 16.7. The zero-order valence-corrected chi connectivity index (χ0v) is 13.3. The summed E-state index contributed by atoms with van der Waals surface area (Å²) in [5.74, 6) is -0.0553. The minimum absolute atomic E-state index is 0.0553. The van der Waals surface area contributed by atoms with Crippen molar-refractivity contribution in [2.45, 2.75) is 90.4 Å². The van der Waals surface area contributed by atoms with Crippen molar-refractivity contribution in [1.29, 1.82) is 0 Å². The molecular formula is C17H33FO2. The van der Waals surface area contributed by atoms with Gasteiger partial charge in [0.2, 0.25) is 0 Å². The molecule has 0 spiro atoms. The third-order valence-electron chi connectivity index (χ3n) is 3.57. The molecule has 0 N–H and O–H groups in total. The normalized spacial score (nSPS) is 10.7. The molecule has 3 heteroatoms. The lowest BCUT2D eigenvalue weighted by atomic mass is 10.0. The van der Waals surface area contributed by atoms with Crippen molar-refractivity contribution in [3.05, 3.63) is 0 Å². The highest BCUT2D eigenvalue weighted by atomic mass is 19.1. The number of ether oxygens (including phenoxy) is 1. The van der Waals surface area contributed by atoms with E-state index < -0.39 is 0 Å². The lowest BCUT2D eigenvalue weighted by molar-refractivity contribution is -0.143. The minimum atomic E-state index is -0.157. The number of unbranched alkanes of at least 4 members (excludes halogenated alkanes) is 11. The summed E-state index contributed by atoms with van der Waals surface area (Å²) in [6.45, 7) is 2.18. The smallest absolute Gasteiger partial charge is 0.305 e. The Morgan fingerprint density at radius 3 is 1.55 bits per heavy atom. The van der Waals surface area contributed by atoms with Crippen molar-refractivity contribution in [2.24, 2.45) is 0 Å². The van der Waals surface area contributed by atoms with E-state index in [2.05, 4.69) is 0 Å². The molecule has 20 heavy (non-hydrogen) atoms. The van der Waals surface area contributed by atoms with Crippen LogP contribution >= 0.6 is 0 Å². The fraction of sp³-hybridized carbons (Fsp3) is 0.941. The molecular weight excluding hydrogens is 255 g/mol. The van der Waals surface area contributed by atoms with Gasteiger partial charge in [0.05, 0.1) is 13.3 Å². The molecule has 0 aliphatic carbocycles. The zero-order chi connectivity index (χ0) is 14.9. The van der Waals surface area contributed by atoms with Crippen molar-refractivity contribution in [2.75, 3.05) is 13.3 Å². The van der Waals surface area contributed by atoms with Gasteiger partial charge in [-0.2, -0.15) is 0 Å². The molecule has 0 aromatic rings. The Morgan fingerprint density at radius 2 is 1.15 bits per heavy atom. The van der Waals surface area contributed by atoms with Gasteiger partial charge in [0, 0.05) is 6.42 Å². The Morgan fingerprint density at radius 1 is 0.750 bits per heavy atom. The van der Waals surface area contributed by atoms with Gasteiger partial charge >= 0.3 is 5.97 Å². The van der Waals surface area contributed by atoms with Crippen molar-refractivity contribution in [3.63, 3.8) is 0 Å². The monoisotopic (exact) mass is 288 g/mol. The quantitative estimate of drug-likeness (QED) is 0.290. The van der Waals surface area contributed by atoms with Crippen LogP contribution in [-0.4, -0.2) is 19.3 Å². The Labute approximate surface area is 124 Å². The summed E-state index contributed by atoms with van der Waals surface area (Å²) in [6.07, 6.45) is 14.7. The molecule has 0 heterocycles. The molecule has 0 bridgehead atoms. The molecule has 0 radical (unpaired) electrons. The van der Waals surface area contributed by atoms with E-state index in [9.17, 15) is 9.18 Å². The van der Waals surface area contributed by atoms with E-state index >= 15 is 0 Å². The number of rotatable bonds is 15. The summed E-state index contributed by atoms with van der Waals surface area (Å²) >= 11 is 0. The fourth-order valence-corrected chi connectivity index (χ4v) is 2.36. The summed E-state index contributed by atoms with van der Waals surface area (Å²) in [5, 5.41) is 0. The summed E-state index contributed by atoms with van der Waals surface area (Å²) in [6, 6.07) is 0. The van der Waals surface area contributed by atoms with Gasteiger partial charge in [-0.1, -0.05) is 64.2 Å². The predicted molar refractivity (Wildman–Crippen MR) is 82.6 cm³/mol. The first-order chi connectivity index (χ1) is 9.81. The molecule has 2 nitrogen and oxygen atoms in total. The molecule has 0 aliphatic rings. The molecule has 0 unspecified atom stereocenters. The van der Waals surface area contributed by atoms with Crippen LogP contribution in [0.2, 0.25) is 0 Å². The third-order valence-corrected chi connectivity index (χ3v) is 3.57. The lowest BCUT2D eigenvalue weighted by Gasteiger charge is -2.03. The van der Waals surface area contributed by atoms with E-state index in [1.54, 1.807) is 0 Å². The lowest BCUT2D eigenvalue weighted by Crippen LogP contribution is -2.03. The second kappa shape index (κ2) is 16.5. The Kier molecular flexibility index (Phi) is 16.0. The van der Waals surface area contributed by atoms with E-state index in [4.69, 9.17) is 4.74 Å². The van der Waals surface area contributed by atoms with E-state index in [0.29, 0.717) is 13.0 Å². The first-order valence-electron chi connectivity index (χ1n) is 8.52. The van der Waals surface area contributed by atoms with E-state index in [0.717, 1.165) is 25.7 Å².